The maximum atomic E-state index is 12.8. The van der Waals surface area contributed by atoms with Gasteiger partial charge >= 0.3 is 0 Å². The molecule has 0 bridgehead atoms. The fourth-order valence-corrected chi connectivity index (χ4v) is 2.27. The van der Waals surface area contributed by atoms with E-state index in [1.807, 2.05) is 0 Å². The van der Waals surface area contributed by atoms with Crippen LogP contribution in [0.25, 0.3) is 5.65 Å². The number of hydrogen-bond acceptors (Lipinski definition) is 4. The van der Waals surface area contributed by atoms with Gasteiger partial charge in [0, 0.05) is 18.9 Å². The molecule has 0 unspecified atom stereocenters. The topological polar surface area (TPSA) is 72.7 Å². The van der Waals surface area contributed by atoms with E-state index < -0.39 is 11.5 Å². The van der Waals surface area contributed by atoms with Crippen molar-refractivity contribution >= 4 is 11.6 Å². The van der Waals surface area contributed by atoms with Gasteiger partial charge in [-0.25, -0.2) is 9.37 Å². The summed E-state index contributed by atoms with van der Waals surface area (Å²) in [6, 6.07) is 10.9. The zero-order valence-corrected chi connectivity index (χ0v) is 13.3. The molecular weight excluding hydrogens is 325 g/mol. The van der Waals surface area contributed by atoms with Crippen LogP contribution >= 0.6 is 0 Å². The minimum absolute atomic E-state index is 0.0110. The highest BCUT2D eigenvalue weighted by Crippen LogP contribution is 2.10. The molecule has 0 atom stereocenters. The highest BCUT2D eigenvalue weighted by Gasteiger charge is 2.12. The van der Waals surface area contributed by atoms with E-state index in [1.165, 1.54) is 34.9 Å². The van der Waals surface area contributed by atoms with Crippen LogP contribution in [-0.4, -0.2) is 28.4 Å². The highest BCUT2D eigenvalue weighted by molar-refractivity contribution is 5.93. The zero-order chi connectivity index (χ0) is 17.6. The third-order valence-corrected chi connectivity index (χ3v) is 3.55. The molecule has 0 saturated carbocycles. The second kappa shape index (κ2) is 7.57. The van der Waals surface area contributed by atoms with Gasteiger partial charge in [0.2, 0.25) is 0 Å². The van der Waals surface area contributed by atoms with E-state index >= 15 is 0 Å². The molecule has 3 aromatic rings. The summed E-state index contributed by atoms with van der Waals surface area (Å²) in [4.78, 5) is 28.5. The average molecular weight is 341 g/mol. The molecule has 25 heavy (non-hydrogen) atoms. The second-order valence-electron chi connectivity index (χ2n) is 5.32. The number of hydrogen-bond donors (Lipinski definition) is 1. The van der Waals surface area contributed by atoms with Crippen LogP contribution in [-0.2, 0) is 0 Å². The maximum Gasteiger partial charge on any atom is 0.270 e. The first-order valence-electron chi connectivity index (χ1n) is 7.78. The monoisotopic (exact) mass is 341 g/mol. The fourth-order valence-electron chi connectivity index (χ4n) is 2.27. The minimum Gasteiger partial charge on any atom is -0.494 e. The van der Waals surface area contributed by atoms with E-state index in [-0.39, 0.29) is 11.4 Å². The van der Waals surface area contributed by atoms with E-state index in [9.17, 15) is 14.0 Å². The summed E-state index contributed by atoms with van der Waals surface area (Å²) in [5.74, 6) is -0.239. The van der Waals surface area contributed by atoms with Crippen molar-refractivity contribution < 1.29 is 13.9 Å². The van der Waals surface area contributed by atoms with Crippen molar-refractivity contribution in [2.24, 2.45) is 0 Å². The number of fused-ring (bicyclic) bond motifs is 1. The lowest BCUT2D eigenvalue weighted by molar-refractivity contribution is 0.0949. The van der Waals surface area contributed by atoms with E-state index in [0.29, 0.717) is 31.0 Å². The number of rotatable bonds is 6. The second-order valence-corrected chi connectivity index (χ2v) is 5.32. The van der Waals surface area contributed by atoms with Crippen molar-refractivity contribution in [2.45, 2.75) is 6.42 Å². The minimum atomic E-state index is -0.475. The van der Waals surface area contributed by atoms with Gasteiger partial charge in [0.1, 0.15) is 22.8 Å². The van der Waals surface area contributed by atoms with Gasteiger partial charge in [0.05, 0.1) is 6.61 Å². The predicted octanol–water partition coefficient (Wildman–Crippen LogP) is 2.03. The Bertz CT molecular complexity index is 938. The van der Waals surface area contributed by atoms with E-state index in [0.717, 1.165) is 0 Å². The van der Waals surface area contributed by atoms with Crippen molar-refractivity contribution in [1.29, 1.82) is 0 Å². The molecule has 1 amide bonds. The van der Waals surface area contributed by atoms with E-state index in [1.54, 1.807) is 24.4 Å². The molecule has 1 N–H and O–H groups in total. The summed E-state index contributed by atoms with van der Waals surface area (Å²) in [6.07, 6.45) is 3.39. The van der Waals surface area contributed by atoms with Crippen LogP contribution in [0.4, 0.5) is 4.39 Å². The van der Waals surface area contributed by atoms with Gasteiger partial charge in [-0.15, -0.1) is 0 Å². The number of ether oxygens (including phenoxy) is 1. The van der Waals surface area contributed by atoms with Crippen molar-refractivity contribution in [3.05, 3.63) is 76.6 Å². The molecule has 0 spiro atoms. The first-order valence-corrected chi connectivity index (χ1v) is 7.78. The first kappa shape index (κ1) is 16.6. The summed E-state index contributed by atoms with van der Waals surface area (Å²) < 4.78 is 19.5. The molecule has 0 fully saturated rings. The Labute approximate surface area is 142 Å². The molecule has 7 heteroatoms. The smallest absolute Gasteiger partial charge is 0.270 e. The number of carbonyl (C=O) groups excluding carboxylic acids is 1. The number of pyridine rings is 1. The van der Waals surface area contributed by atoms with Gasteiger partial charge in [-0.05, 0) is 42.8 Å². The quantitative estimate of drug-likeness (QED) is 0.697. The largest absolute Gasteiger partial charge is 0.494 e. The van der Waals surface area contributed by atoms with E-state index in [4.69, 9.17) is 4.74 Å². The fraction of sp³-hybridized carbons (Fsp3) is 0.167. The van der Waals surface area contributed by atoms with Crippen molar-refractivity contribution in [2.75, 3.05) is 13.2 Å². The molecule has 0 radical (unpaired) electrons. The Morgan fingerprint density at radius 1 is 1.20 bits per heavy atom. The van der Waals surface area contributed by atoms with Crippen LogP contribution in [0.15, 0.2) is 59.7 Å². The molecule has 0 aliphatic heterocycles. The summed E-state index contributed by atoms with van der Waals surface area (Å²) in [5.41, 5.74) is 0.0607. The number of nitrogens with zero attached hydrogens (tertiary/aromatic N) is 2. The lowest BCUT2D eigenvalue weighted by Crippen LogP contribution is -2.32. The van der Waals surface area contributed by atoms with Crippen LogP contribution in [0, 0.1) is 5.82 Å². The average Bonchev–Trinajstić information content (AvgIpc) is 2.63. The summed E-state index contributed by atoms with van der Waals surface area (Å²) in [7, 11) is 0. The van der Waals surface area contributed by atoms with Crippen LogP contribution < -0.4 is 15.6 Å². The number of nitrogens with one attached hydrogen (secondary N) is 1. The van der Waals surface area contributed by atoms with Crippen LogP contribution in [0.3, 0.4) is 0 Å². The Hall–Kier alpha value is -3.22. The lowest BCUT2D eigenvalue weighted by atomic mass is 10.3. The summed E-state index contributed by atoms with van der Waals surface area (Å²) in [5, 5.41) is 2.67. The van der Waals surface area contributed by atoms with Crippen molar-refractivity contribution in [3.63, 3.8) is 0 Å². The third-order valence-electron chi connectivity index (χ3n) is 3.55. The Balaban J connectivity index is 1.52. The first-order chi connectivity index (χ1) is 12.1. The SMILES string of the molecule is O=C(NCCCOc1ccc(F)cc1)c1cnc2ccccn2c1=O. The molecule has 2 heterocycles. The molecule has 128 valence electrons. The van der Waals surface area contributed by atoms with Gasteiger partial charge in [-0.3, -0.25) is 14.0 Å². The zero-order valence-electron chi connectivity index (χ0n) is 13.3. The maximum absolute atomic E-state index is 12.8. The highest BCUT2D eigenvalue weighted by atomic mass is 19.1. The molecule has 0 aliphatic carbocycles. The van der Waals surface area contributed by atoms with Gasteiger partial charge in [-0.1, -0.05) is 6.07 Å². The van der Waals surface area contributed by atoms with Crippen LogP contribution in [0.1, 0.15) is 16.8 Å². The van der Waals surface area contributed by atoms with Crippen LogP contribution in [0.2, 0.25) is 0 Å². The molecule has 3 rings (SSSR count). The van der Waals surface area contributed by atoms with Gasteiger partial charge < -0.3 is 10.1 Å². The molecular formula is C18H16FN3O3. The Morgan fingerprint density at radius 3 is 2.80 bits per heavy atom. The van der Waals surface area contributed by atoms with Crippen LogP contribution in [0.5, 0.6) is 5.75 Å². The molecule has 0 aliphatic rings. The van der Waals surface area contributed by atoms with Crippen molar-refractivity contribution in [3.8, 4) is 5.75 Å². The number of amides is 1. The van der Waals surface area contributed by atoms with Gasteiger partial charge in [0.25, 0.3) is 11.5 Å². The molecule has 2 aromatic heterocycles. The normalized spacial score (nSPS) is 10.6. The van der Waals surface area contributed by atoms with E-state index in [2.05, 4.69) is 10.3 Å². The summed E-state index contributed by atoms with van der Waals surface area (Å²) in [6.45, 7) is 0.706. The van der Waals surface area contributed by atoms with Gasteiger partial charge in [-0.2, -0.15) is 0 Å². The standard InChI is InChI=1S/C18H16FN3O3/c19-13-5-7-14(8-6-13)25-11-3-9-20-17(23)15-12-21-16-4-1-2-10-22(16)18(15)24/h1-2,4-8,10,12H,3,9,11H2,(H,20,23). The predicted molar refractivity (Wildman–Crippen MR) is 90.3 cm³/mol. The number of aromatic nitrogens is 2. The number of carbonyl (C=O) groups is 1. The van der Waals surface area contributed by atoms with Crippen molar-refractivity contribution in [1.82, 2.24) is 14.7 Å². The molecule has 6 nitrogen and oxygen atoms in total. The molecule has 0 saturated heterocycles. The summed E-state index contributed by atoms with van der Waals surface area (Å²) >= 11 is 0. The third kappa shape index (κ3) is 4.00. The number of halogens is 1. The Kier molecular flexibility index (Phi) is 5.03. The van der Waals surface area contributed by atoms with Gasteiger partial charge in [0.15, 0.2) is 0 Å². The Morgan fingerprint density at radius 2 is 2.00 bits per heavy atom. The number of benzene rings is 1. The molecule has 1 aromatic carbocycles. The lowest BCUT2D eigenvalue weighted by Gasteiger charge is -2.08.